The maximum atomic E-state index is 14.5. The van der Waals surface area contributed by atoms with Gasteiger partial charge in [-0.15, -0.1) is 0 Å². The average Bonchev–Trinajstić information content (AvgIpc) is 3.34. The Labute approximate surface area is 197 Å². The highest BCUT2D eigenvalue weighted by Crippen LogP contribution is 2.22. The number of amides is 1. The Morgan fingerprint density at radius 2 is 1.82 bits per heavy atom. The number of benzene rings is 3. The van der Waals surface area contributed by atoms with Crippen molar-refractivity contribution in [1.29, 1.82) is 0 Å². The Hall–Kier alpha value is -3.98. The summed E-state index contributed by atoms with van der Waals surface area (Å²) in [6, 6.07) is 16.1. The molecule has 2 N–H and O–H groups in total. The summed E-state index contributed by atoms with van der Waals surface area (Å²) >= 11 is 0. The number of halogens is 1. The number of carbonyl (C=O) groups excluding carboxylic acids is 1. The number of carbonyl (C=O) groups is 1. The molecule has 0 fully saturated rings. The van der Waals surface area contributed by atoms with Crippen molar-refractivity contribution in [3.8, 4) is 5.69 Å². The van der Waals surface area contributed by atoms with Gasteiger partial charge in [0, 0.05) is 24.5 Å². The second-order valence-electron chi connectivity index (χ2n) is 7.84. The molecular formula is C25H23FN4O3S. The van der Waals surface area contributed by atoms with Crippen LogP contribution in [0.4, 0.5) is 10.1 Å². The molecule has 1 amide bonds. The molecule has 0 bridgehead atoms. The van der Waals surface area contributed by atoms with E-state index in [1.165, 1.54) is 24.5 Å². The summed E-state index contributed by atoms with van der Waals surface area (Å²) in [6.45, 7) is 3.61. The van der Waals surface area contributed by atoms with E-state index >= 15 is 0 Å². The lowest BCUT2D eigenvalue weighted by atomic mass is 10.1. The van der Waals surface area contributed by atoms with Crippen molar-refractivity contribution in [2.24, 2.45) is 0 Å². The van der Waals surface area contributed by atoms with Crippen LogP contribution < -0.4 is 10.0 Å². The largest absolute Gasteiger partial charge is 0.348 e. The van der Waals surface area contributed by atoms with Gasteiger partial charge in [-0.25, -0.2) is 17.8 Å². The number of imidazole rings is 1. The Bertz CT molecular complexity index is 1450. The molecule has 0 aliphatic rings. The first-order valence-corrected chi connectivity index (χ1v) is 12.0. The molecule has 0 radical (unpaired) electrons. The molecule has 0 atom stereocenters. The van der Waals surface area contributed by atoms with Crippen LogP contribution >= 0.6 is 0 Å². The van der Waals surface area contributed by atoms with Gasteiger partial charge >= 0.3 is 0 Å². The zero-order valence-corrected chi connectivity index (χ0v) is 19.4. The second kappa shape index (κ2) is 9.48. The lowest BCUT2D eigenvalue weighted by Crippen LogP contribution is -2.24. The van der Waals surface area contributed by atoms with Gasteiger partial charge in [-0.2, -0.15) is 0 Å². The van der Waals surface area contributed by atoms with Gasteiger partial charge in [0.05, 0.1) is 22.6 Å². The minimum absolute atomic E-state index is 0.0257. The lowest BCUT2D eigenvalue weighted by Gasteiger charge is -2.13. The summed E-state index contributed by atoms with van der Waals surface area (Å²) in [5.74, 6) is -0.902. The average molecular weight is 479 g/mol. The minimum Gasteiger partial charge on any atom is -0.348 e. The van der Waals surface area contributed by atoms with Gasteiger partial charge < -0.3 is 9.88 Å². The number of hydrogen-bond donors (Lipinski definition) is 2. The second-order valence-corrected chi connectivity index (χ2v) is 9.52. The number of nitrogens with zero attached hydrogens (tertiary/aromatic N) is 2. The number of rotatable bonds is 7. The topological polar surface area (TPSA) is 93.1 Å². The highest BCUT2D eigenvalue weighted by molar-refractivity contribution is 7.92. The summed E-state index contributed by atoms with van der Waals surface area (Å²) in [5, 5.41) is 2.74. The predicted octanol–water partition coefficient (Wildman–Crippen LogP) is 4.36. The normalized spacial score (nSPS) is 11.3. The number of aryl methyl sites for hydroxylation is 2. The smallest absolute Gasteiger partial charge is 0.261 e. The molecule has 4 aromatic rings. The van der Waals surface area contributed by atoms with Crippen LogP contribution in [0.15, 0.2) is 84.3 Å². The van der Waals surface area contributed by atoms with Crippen LogP contribution in [0.25, 0.3) is 5.69 Å². The predicted molar refractivity (Wildman–Crippen MR) is 128 cm³/mol. The molecule has 0 spiro atoms. The van der Waals surface area contributed by atoms with Crippen molar-refractivity contribution in [1.82, 2.24) is 14.9 Å². The van der Waals surface area contributed by atoms with Crippen LogP contribution in [0.5, 0.6) is 0 Å². The minimum atomic E-state index is -3.89. The van der Waals surface area contributed by atoms with Crippen molar-refractivity contribution >= 4 is 21.6 Å². The summed E-state index contributed by atoms with van der Waals surface area (Å²) < 4.78 is 44.4. The van der Waals surface area contributed by atoms with Crippen LogP contribution in [0, 0.1) is 19.7 Å². The highest BCUT2D eigenvalue weighted by Gasteiger charge is 2.19. The fourth-order valence-electron chi connectivity index (χ4n) is 3.45. The molecule has 0 saturated carbocycles. The molecule has 3 aromatic carbocycles. The molecule has 0 aliphatic carbocycles. The number of para-hydroxylation sites is 1. The Balaban J connectivity index is 1.50. The summed E-state index contributed by atoms with van der Waals surface area (Å²) in [6.07, 6.45) is 4.69. The maximum absolute atomic E-state index is 14.5. The number of hydrogen-bond acceptors (Lipinski definition) is 4. The van der Waals surface area contributed by atoms with Crippen LogP contribution in [0.3, 0.4) is 0 Å². The van der Waals surface area contributed by atoms with E-state index in [9.17, 15) is 17.6 Å². The van der Waals surface area contributed by atoms with Crippen LogP contribution in [-0.4, -0.2) is 23.9 Å². The third-order valence-corrected chi connectivity index (χ3v) is 6.76. The molecule has 1 aromatic heterocycles. The van der Waals surface area contributed by atoms with Crippen molar-refractivity contribution in [3.05, 3.63) is 107 Å². The quantitative estimate of drug-likeness (QED) is 0.413. The molecule has 0 unspecified atom stereocenters. The van der Waals surface area contributed by atoms with Gasteiger partial charge in [0.1, 0.15) is 5.82 Å². The van der Waals surface area contributed by atoms with E-state index in [0.29, 0.717) is 22.5 Å². The monoisotopic (exact) mass is 478 g/mol. The molecule has 0 aliphatic heterocycles. The third kappa shape index (κ3) is 4.99. The molecule has 9 heteroatoms. The van der Waals surface area contributed by atoms with Crippen molar-refractivity contribution in [3.63, 3.8) is 0 Å². The standard InChI is InChI=1S/C25H23FN4O3S/c1-17-7-9-20(34(32,33)29-23-6-4-3-5-18(23)2)14-21(17)25(31)28-15-19-8-10-24(22(26)13-19)30-12-11-27-16-30/h3-14,16,29H,15H2,1-2H3,(H,28,31). The zero-order valence-electron chi connectivity index (χ0n) is 18.6. The lowest BCUT2D eigenvalue weighted by molar-refractivity contribution is 0.0950. The van der Waals surface area contributed by atoms with E-state index < -0.39 is 21.7 Å². The van der Waals surface area contributed by atoms with E-state index in [4.69, 9.17) is 0 Å². The van der Waals surface area contributed by atoms with Crippen LogP contribution in [0.2, 0.25) is 0 Å². The van der Waals surface area contributed by atoms with Gasteiger partial charge in [0.25, 0.3) is 15.9 Å². The van der Waals surface area contributed by atoms with Gasteiger partial charge in [-0.1, -0.05) is 30.3 Å². The Morgan fingerprint density at radius 1 is 1.03 bits per heavy atom. The number of aromatic nitrogens is 2. The number of anilines is 1. The van der Waals surface area contributed by atoms with Crippen LogP contribution in [-0.2, 0) is 16.6 Å². The molecule has 4 rings (SSSR count). The van der Waals surface area contributed by atoms with Gasteiger partial charge in [0.15, 0.2) is 0 Å². The third-order valence-electron chi connectivity index (χ3n) is 5.40. The summed E-state index contributed by atoms with van der Waals surface area (Å²) in [5.41, 5.74) is 3.01. The zero-order chi connectivity index (χ0) is 24.3. The Morgan fingerprint density at radius 3 is 2.53 bits per heavy atom. The van der Waals surface area contributed by atoms with Crippen LogP contribution in [0.1, 0.15) is 27.0 Å². The first kappa shape index (κ1) is 23.2. The molecule has 7 nitrogen and oxygen atoms in total. The maximum Gasteiger partial charge on any atom is 0.261 e. The van der Waals surface area contributed by atoms with E-state index in [0.717, 1.165) is 5.56 Å². The van der Waals surface area contributed by atoms with E-state index in [1.54, 1.807) is 67.2 Å². The van der Waals surface area contributed by atoms with Crippen molar-refractivity contribution < 1.29 is 17.6 Å². The molecular weight excluding hydrogens is 455 g/mol. The van der Waals surface area contributed by atoms with E-state index in [2.05, 4.69) is 15.0 Å². The highest BCUT2D eigenvalue weighted by atomic mass is 32.2. The summed E-state index contributed by atoms with van der Waals surface area (Å²) in [7, 11) is -3.89. The van der Waals surface area contributed by atoms with Gasteiger partial charge in [-0.05, 0) is 60.9 Å². The number of nitrogens with one attached hydrogen (secondary N) is 2. The van der Waals surface area contributed by atoms with Gasteiger partial charge in [-0.3, -0.25) is 9.52 Å². The van der Waals surface area contributed by atoms with E-state index in [-0.39, 0.29) is 17.0 Å². The molecule has 1 heterocycles. The molecule has 174 valence electrons. The fourth-order valence-corrected chi connectivity index (χ4v) is 4.61. The van der Waals surface area contributed by atoms with E-state index in [1.807, 2.05) is 6.07 Å². The van der Waals surface area contributed by atoms with Crippen molar-refractivity contribution in [2.75, 3.05) is 4.72 Å². The first-order valence-electron chi connectivity index (χ1n) is 10.5. The molecule has 34 heavy (non-hydrogen) atoms. The summed E-state index contributed by atoms with van der Waals surface area (Å²) in [4.78, 5) is 16.7. The molecule has 0 saturated heterocycles. The number of sulfonamides is 1. The fraction of sp³-hybridized carbons (Fsp3) is 0.120. The SMILES string of the molecule is Cc1ccccc1NS(=O)(=O)c1ccc(C)c(C(=O)NCc2ccc(-n3ccnc3)c(F)c2)c1. The van der Waals surface area contributed by atoms with Crippen molar-refractivity contribution in [2.45, 2.75) is 25.3 Å². The Kier molecular flexibility index (Phi) is 6.47. The van der Waals surface area contributed by atoms with Gasteiger partial charge in [0.2, 0.25) is 0 Å². The first-order chi connectivity index (χ1) is 16.2.